The Morgan fingerprint density at radius 3 is 2.69 bits per heavy atom. The van der Waals surface area contributed by atoms with Gasteiger partial charge in [-0.15, -0.1) is 0 Å². The lowest BCUT2D eigenvalue weighted by molar-refractivity contribution is 0.0995. The van der Waals surface area contributed by atoms with Crippen LogP contribution in [0.25, 0.3) is 0 Å². The van der Waals surface area contributed by atoms with Crippen LogP contribution in [0.5, 0.6) is 5.75 Å². The molecule has 1 aliphatic heterocycles. The highest BCUT2D eigenvalue weighted by molar-refractivity contribution is 6.10. The van der Waals surface area contributed by atoms with E-state index in [9.17, 15) is 9.90 Å². The zero-order valence-corrected chi connectivity index (χ0v) is 17.0. The molecule has 4 N–H and O–H groups in total. The summed E-state index contributed by atoms with van der Waals surface area (Å²) < 4.78 is 5.20. The molecule has 0 spiro atoms. The van der Waals surface area contributed by atoms with Gasteiger partial charge in [0.05, 0.1) is 20.3 Å². The molecule has 29 heavy (non-hydrogen) atoms. The van der Waals surface area contributed by atoms with E-state index in [1.165, 1.54) is 24.9 Å². The minimum absolute atomic E-state index is 0.0960. The number of methoxy groups -OCH3 is 1. The Kier molecular flexibility index (Phi) is 7.85. The van der Waals surface area contributed by atoms with E-state index < -0.39 is 0 Å². The molecular formula is C21H27N5O3. The first kappa shape index (κ1) is 22.0. The van der Waals surface area contributed by atoms with Gasteiger partial charge in [-0.3, -0.25) is 15.1 Å². The van der Waals surface area contributed by atoms with Crippen molar-refractivity contribution in [1.29, 1.82) is 5.41 Å². The van der Waals surface area contributed by atoms with Crippen molar-refractivity contribution in [2.24, 2.45) is 10.7 Å². The van der Waals surface area contributed by atoms with Gasteiger partial charge in [0.25, 0.3) is 5.91 Å². The fraction of sp³-hybridized carbons (Fsp3) is 0.333. The standard InChI is InChI=1S/C17H17N5O3.C4H10/c1-25-11-5-10(8-23)13-7-22(17(24)12(13)6-11)15-4-2-3-14(21-15)16(19)20-9-18;1-3-4-2/h2-6,9,23H,7-8H2,1H3,(H3,18,19,20);3-4H2,1-2H3. The number of aliphatic hydroxyl groups excluding tert-OH is 1. The number of rotatable bonds is 6. The van der Waals surface area contributed by atoms with Crippen LogP contribution in [0, 0.1) is 5.41 Å². The predicted octanol–water partition coefficient (Wildman–Crippen LogP) is 2.86. The van der Waals surface area contributed by atoms with Crippen LogP contribution in [0.15, 0.2) is 35.3 Å². The van der Waals surface area contributed by atoms with Crippen LogP contribution in [0.2, 0.25) is 0 Å². The largest absolute Gasteiger partial charge is 0.497 e. The van der Waals surface area contributed by atoms with Crippen molar-refractivity contribution in [2.75, 3.05) is 12.0 Å². The van der Waals surface area contributed by atoms with Gasteiger partial charge in [0.2, 0.25) is 0 Å². The van der Waals surface area contributed by atoms with Crippen molar-refractivity contribution in [2.45, 2.75) is 39.8 Å². The summed E-state index contributed by atoms with van der Waals surface area (Å²) in [4.78, 5) is 22.3. The fourth-order valence-electron chi connectivity index (χ4n) is 2.75. The minimum atomic E-state index is -0.226. The van der Waals surface area contributed by atoms with Crippen LogP contribution in [-0.2, 0) is 13.2 Å². The monoisotopic (exact) mass is 397 g/mol. The summed E-state index contributed by atoms with van der Waals surface area (Å²) in [5, 5.41) is 16.6. The van der Waals surface area contributed by atoms with Crippen LogP contribution >= 0.6 is 0 Å². The van der Waals surface area contributed by atoms with Gasteiger partial charge in [0, 0.05) is 5.56 Å². The molecule has 2 aromatic rings. The van der Waals surface area contributed by atoms with Crippen molar-refractivity contribution in [3.05, 3.63) is 52.7 Å². The summed E-state index contributed by atoms with van der Waals surface area (Å²) in [6.45, 7) is 4.47. The lowest BCUT2D eigenvalue weighted by atomic mass is 10.0. The number of benzene rings is 1. The molecule has 0 aliphatic carbocycles. The third-order valence-corrected chi connectivity index (χ3v) is 4.49. The van der Waals surface area contributed by atoms with Crippen molar-refractivity contribution in [3.8, 4) is 5.75 Å². The number of nitrogens with two attached hydrogens (primary N) is 1. The number of pyridine rings is 1. The highest BCUT2D eigenvalue weighted by Crippen LogP contribution is 2.32. The number of carbonyl (C=O) groups excluding carboxylic acids is 1. The molecule has 1 amide bonds. The highest BCUT2D eigenvalue weighted by Gasteiger charge is 2.32. The van der Waals surface area contributed by atoms with E-state index in [1.54, 1.807) is 30.3 Å². The fourth-order valence-corrected chi connectivity index (χ4v) is 2.75. The van der Waals surface area contributed by atoms with Crippen LogP contribution < -0.4 is 15.4 Å². The van der Waals surface area contributed by atoms with E-state index >= 15 is 0 Å². The van der Waals surface area contributed by atoms with Crippen LogP contribution in [0.3, 0.4) is 0 Å². The quantitative estimate of drug-likeness (QED) is 0.510. The van der Waals surface area contributed by atoms with Gasteiger partial charge in [-0.25, -0.2) is 9.98 Å². The summed E-state index contributed by atoms with van der Waals surface area (Å²) in [6.07, 6.45) is 3.47. The third-order valence-electron chi connectivity index (χ3n) is 4.49. The number of aliphatic hydroxyl groups is 1. The number of aliphatic imine (C=N–C) groups is 1. The molecule has 0 bridgehead atoms. The molecule has 1 aliphatic rings. The van der Waals surface area contributed by atoms with Gasteiger partial charge in [-0.05, 0) is 35.4 Å². The number of hydrogen-bond donors (Lipinski definition) is 3. The lowest BCUT2D eigenvalue weighted by Gasteiger charge is -2.15. The number of unbranched alkanes of at least 4 members (excludes halogenated alkanes) is 1. The summed E-state index contributed by atoms with van der Waals surface area (Å²) >= 11 is 0. The van der Waals surface area contributed by atoms with Gasteiger partial charge in [-0.2, -0.15) is 0 Å². The number of aromatic nitrogens is 1. The van der Waals surface area contributed by atoms with E-state index in [2.05, 4.69) is 23.8 Å². The highest BCUT2D eigenvalue weighted by atomic mass is 16.5. The number of nitrogens with zero attached hydrogens (tertiary/aromatic N) is 3. The zero-order chi connectivity index (χ0) is 21.4. The summed E-state index contributed by atoms with van der Waals surface area (Å²) in [6, 6.07) is 8.44. The Morgan fingerprint density at radius 2 is 2.10 bits per heavy atom. The summed E-state index contributed by atoms with van der Waals surface area (Å²) in [5.74, 6) is 0.807. The Balaban J connectivity index is 0.000000687. The van der Waals surface area contributed by atoms with E-state index in [-0.39, 0.29) is 18.3 Å². The molecule has 3 rings (SSSR count). The molecule has 1 aromatic carbocycles. The summed E-state index contributed by atoms with van der Waals surface area (Å²) in [7, 11) is 1.51. The number of amidine groups is 1. The predicted molar refractivity (Wildman–Crippen MR) is 114 cm³/mol. The van der Waals surface area contributed by atoms with Crippen LogP contribution in [0.4, 0.5) is 5.82 Å². The number of fused-ring (bicyclic) bond motifs is 1. The Hall–Kier alpha value is -3.26. The maximum absolute atomic E-state index is 12.8. The number of hydrogen-bond acceptors (Lipinski definition) is 5. The zero-order valence-electron chi connectivity index (χ0n) is 17.0. The molecule has 8 nitrogen and oxygen atoms in total. The van der Waals surface area contributed by atoms with Crippen molar-refractivity contribution >= 4 is 23.9 Å². The van der Waals surface area contributed by atoms with Crippen molar-refractivity contribution in [3.63, 3.8) is 0 Å². The molecule has 154 valence electrons. The molecule has 0 atom stereocenters. The average molecular weight is 397 g/mol. The molecule has 0 unspecified atom stereocenters. The maximum Gasteiger partial charge on any atom is 0.260 e. The van der Waals surface area contributed by atoms with Gasteiger partial charge >= 0.3 is 0 Å². The van der Waals surface area contributed by atoms with Gasteiger partial charge in [0.1, 0.15) is 23.6 Å². The molecule has 0 fully saturated rings. The number of amides is 1. The molecule has 0 saturated heterocycles. The first-order valence-electron chi connectivity index (χ1n) is 9.42. The number of carbonyl (C=O) groups is 1. The number of nitrogens with one attached hydrogen (secondary N) is 1. The molecule has 2 heterocycles. The van der Waals surface area contributed by atoms with E-state index in [0.29, 0.717) is 34.9 Å². The van der Waals surface area contributed by atoms with E-state index in [0.717, 1.165) is 11.9 Å². The number of ether oxygens (including phenoxy) is 1. The molecule has 0 radical (unpaired) electrons. The SMILES string of the molecule is CCCC.COc1cc(CO)c2c(c1)C(=O)N(c1cccc(C(N)=NC=N)n1)C2. The van der Waals surface area contributed by atoms with Gasteiger partial charge in [0.15, 0.2) is 5.84 Å². The normalized spacial score (nSPS) is 12.9. The van der Waals surface area contributed by atoms with E-state index in [1.807, 2.05) is 0 Å². The molecule has 1 aromatic heterocycles. The second kappa shape index (κ2) is 10.3. The van der Waals surface area contributed by atoms with E-state index in [4.69, 9.17) is 15.9 Å². The Labute approximate surface area is 170 Å². The second-order valence-corrected chi connectivity index (χ2v) is 6.39. The van der Waals surface area contributed by atoms with Crippen LogP contribution in [0.1, 0.15) is 53.9 Å². The third kappa shape index (κ3) is 4.97. The average Bonchev–Trinajstić information content (AvgIpc) is 3.10. The lowest BCUT2D eigenvalue weighted by Crippen LogP contribution is -2.25. The maximum atomic E-state index is 12.8. The van der Waals surface area contributed by atoms with Crippen molar-refractivity contribution < 1.29 is 14.6 Å². The van der Waals surface area contributed by atoms with Crippen LogP contribution in [-0.4, -0.2) is 35.3 Å². The summed E-state index contributed by atoms with van der Waals surface area (Å²) in [5.41, 5.74) is 8.02. The first-order chi connectivity index (χ1) is 14.0. The minimum Gasteiger partial charge on any atom is -0.497 e. The second-order valence-electron chi connectivity index (χ2n) is 6.39. The molecular weight excluding hydrogens is 370 g/mol. The molecule has 0 saturated carbocycles. The Bertz CT molecular complexity index is 909. The molecule has 8 heteroatoms. The van der Waals surface area contributed by atoms with Gasteiger partial charge < -0.3 is 15.6 Å². The smallest absolute Gasteiger partial charge is 0.260 e. The first-order valence-corrected chi connectivity index (χ1v) is 9.42. The van der Waals surface area contributed by atoms with Crippen molar-refractivity contribution in [1.82, 2.24) is 4.98 Å². The van der Waals surface area contributed by atoms with Gasteiger partial charge in [-0.1, -0.05) is 32.8 Å². The Morgan fingerprint density at radius 1 is 1.38 bits per heavy atom. The number of anilines is 1. The topological polar surface area (TPSA) is 125 Å².